The number of hydrogen-bond donors (Lipinski definition) is 1. The molecule has 0 saturated heterocycles. The lowest BCUT2D eigenvalue weighted by atomic mass is 10.3. The fraction of sp³-hybridized carbons (Fsp3) is 0. The van der Waals surface area contributed by atoms with Crippen molar-refractivity contribution < 1.29 is 9.63 Å². The van der Waals surface area contributed by atoms with Crippen molar-refractivity contribution in [3.05, 3.63) is 97.0 Å². The molecule has 2 N–H and O–H groups in total. The summed E-state index contributed by atoms with van der Waals surface area (Å²) in [4.78, 5) is 15.9. The summed E-state index contributed by atoms with van der Waals surface area (Å²) in [5, 5.41) is 7.00. The lowest BCUT2D eigenvalue weighted by Gasteiger charge is -1.91. The van der Waals surface area contributed by atoms with Crippen LogP contribution < -0.4 is 5.73 Å². The molecule has 1 heterocycles. The Morgan fingerprint density at radius 3 is 1.73 bits per heavy atom. The van der Waals surface area contributed by atoms with E-state index < -0.39 is 5.91 Å². The molecule has 5 nitrogen and oxygen atoms in total. The molecule has 0 saturated carbocycles. The van der Waals surface area contributed by atoms with Gasteiger partial charge in [0.05, 0.1) is 0 Å². The molecule has 112 valence electrons. The van der Waals surface area contributed by atoms with Crippen molar-refractivity contribution in [1.82, 2.24) is 0 Å². The van der Waals surface area contributed by atoms with Gasteiger partial charge in [-0.3, -0.25) is 4.79 Å². The first-order valence-electron chi connectivity index (χ1n) is 6.54. The highest BCUT2D eigenvalue weighted by Gasteiger charge is 2.00. The Bertz CT molecular complexity index is 616. The number of allylic oxidation sites excluding steroid dienone is 14. The first-order chi connectivity index (χ1) is 10.8. The molecular weight excluding hydrogens is 278 g/mol. The van der Waals surface area contributed by atoms with Crippen molar-refractivity contribution in [1.29, 1.82) is 0 Å². The molecule has 0 spiro atoms. The van der Waals surface area contributed by atoms with Crippen LogP contribution in [0.15, 0.2) is 107 Å². The van der Waals surface area contributed by atoms with E-state index in [1.165, 1.54) is 12.3 Å². The number of primary amides is 1. The third-order valence-corrected chi connectivity index (χ3v) is 2.18. The minimum absolute atomic E-state index is 0.00656. The Labute approximate surface area is 129 Å². The van der Waals surface area contributed by atoms with E-state index in [4.69, 9.17) is 10.6 Å². The van der Waals surface area contributed by atoms with Gasteiger partial charge in [0.25, 0.3) is 5.91 Å². The summed E-state index contributed by atoms with van der Waals surface area (Å²) in [7, 11) is 0. The van der Waals surface area contributed by atoms with Gasteiger partial charge in [0.15, 0.2) is 5.70 Å². The van der Waals surface area contributed by atoms with E-state index in [2.05, 4.69) is 10.4 Å². The molecule has 0 fully saturated rings. The van der Waals surface area contributed by atoms with Gasteiger partial charge in [0, 0.05) is 5.28 Å². The van der Waals surface area contributed by atoms with Gasteiger partial charge in [-0.1, -0.05) is 72.9 Å². The highest BCUT2D eigenvalue weighted by atomic mass is 16.6. The minimum Gasteiger partial charge on any atom is -0.364 e. The SMILES string of the molecule is NC(=O)C1=C\C=C/C=C/C=C\C=C/C=C\C=C/C=C\ON=N1. The zero-order valence-electron chi connectivity index (χ0n) is 11.9. The average Bonchev–Trinajstić information content (AvgIpc) is 2.50. The summed E-state index contributed by atoms with van der Waals surface area (Å²) < 4.78 is 0. The maximum absolute atomic E-state index is 11.2. The summed E-state index contributed by atoms with van der Waals surface area (Å²) in [6.07, 6.45) is 26.4. The lowest BCUT2D eigenvalue weighted by Crippen LogP contribution is -2.12. The second kappa shape index (κ2) is 11.6. The summed E-state index contributed by atoms with van der Waals surface area (Å²) in [6, 6.07) is 0. The van der Waals surface area contributed by atoms with Crippen molar-refractivity contribution in [3.8, 4) is 0 Å². The van der Waals surface area contributed by atoms with Gasteiger partial charge in [0.1, 0.15) is 6.26 Å². The van der Waals surface area contributed by atoms with E-state index in [0.29, 0.717) is 0 Å². The van der Waals surface area contributed by atoms with Crippen LogP contribution in [0.4, 0.5) is 0 Å². The Hall–Kier alpha value is -3.21. The van der Waals surface area contributed by atoms with Gasteiger partial charge >= 0.3 is 0 Å². The smallest absolute Gasteiger partial charge is 0.269 e. The monoisotopic (exact) mass is 295 g/mol. The fourth-order valence-electron chi connectivity index (χ4n) is 1.19. The van der Waals surface area contributed by atoms with E-state index in [1.54, 1.807) is 24.3 Å². The molecule has 0 aliphatic carbocycles. The van der Waals surface area contributed by atoms with Crippen molar-refractivity contribution in [2.75, 3.05) is 0 Å². The molecule has 0 atom stereocenters. The summed E-state index contributed by atoms with van der Waals surface area (Å²) in [5.41, 5.74) is 5.17. The summed E-state index contributed by atoms with van der Waals surface area (Å²) in [5.74, 6) is -0.689. The van der Waals surface area contributed by atoms with Gasteiger partial charge in [-0.2, -0.15) is 0 Å². The van der Waals surface area contributed by atoms with Crippen LogP contribution in [0.1, 0.15) is 0 Å². The van der Waals surface area contributed by atoms with Gasteiger partial charge in [-0.25, -0.2) is 0 Å². The predicted octanol–water partition coefficient (Wildman–Crippen LogP) is 3.60. The number of rotatable bonds is 1. The normalized spacial score (nSPS) is 25.9. The molecule has 0 aromatic rings. The van der Waals surface area contributed by atoms with Crippen LogP contribution >= 0.6 is 0 Å². The van der Waals surface area contributed by atoms with Crippen LogP contribution in [0.5, 0.6) is 0 Å². The number of carbonyl (C=O) groups is 1. The van der Waals surface area contributed by atoms with Crippen LogP contribution in [-0.4, -0.2) is 5.91 Å². The molecule has 1 rings (SSSR count). The zero-order chi connectivity index (χ0) is 15.9. The number of nitrogens with zero attached hydrogens (tertiary/aromatic N) is 2. The Morgan fingerprint density at radius 1 is 0.773 bits per heavy atom. The molecule has 0 aromatic heterocycles. The largest absolute Gasteiger partial charge is 0.364 e. The fourth-order valence-corrected chi connectivity index (χ4v) is 1.19. The quantitative estimate of drug-likeness (QED) is 0.802. The Kier molecular flexibility index (Phi) is 8.88. The van der Waals surface area contributed by atoms with Crippen LogP contribution in [0, 0.1) is 0 Å². The third kappa shape index (κ3) is 8.82. The second-order valence-electron chi connectivity index (χ2n) is 3.84. The highest BCUT2D eigenvalue weighted by molar-refractivity contribution is 5.91. The first-order valence-corrected chi connectivity index (χ1v) is 6.54. The second-order valence-corrected chi connectivity index (χ2v) is 3.84. The van der Waals surface area contributed by atoms with Crippen LogP contribution in [0.25, 0.3) is 0 Å². The maximum Gasteiger partial charge on any atom is 0.269 e. The minimum atomic E-state index is -0.689. The molecule has 1 amide bonds. The Morgan fingerprint density at radius 2 is 1.23 bits per heavy atom. The van der Waals surface area contributed by atoms with E-state index in [0.717, 1.165) is 0 Å². The summed E-state index contributed by atoms with van der Waals surface area (Å²) in [6.45, 7) is 0. The van der Waals surface area contributed by atoms with E-state index in [1.807, 2.05) is 54.7 Å². The van der Waals surface area contributed by atoms with Gasteiger partial charge in [-0.15, -0.1) is 5.11 Å². The van der Waals surface area contributed by atoms with Crippen LogP contribution in [-0.2, 0) is 9.63 Å². The van der Waals surface area contributed by atoms with Gasteiger partial charge in [-0.05, 0) is 12.2 Å². The highest BCUT2D eigenvalue weighted by Crippen LogP contribution is 1.99. The van der Waals surface area contributed by atoms with Crippen molar-refractivity contribution in [2.24, 2.45) is 16.1 Å². The average molecular weight is 295 g/mol. The molecular formula is C17H17N3O2. The van der Waals surface area contributed by atoms with Crippen LogP contribution in [0.3, 0.4) is 0 Å². The molecule has 0 unspecified atom stereocenters. The van der Waals surface area contributed by atoms with Crippen molar-refractivity contribution in [3.63, 3.8) is 0 Å². The van der Waals surface area contributed by atoms with Crippen molar-refractivity contribution in [2.45, 2.75) is 0 Å². The molecule has 0 bridgehead atoms. The standard InChI is InChI=1S/C17H17N3O2/c18-17(21)16-14-12-10-8-6-4-2-1-3-5-7-9-11-13-15-22-20-19-16/h1-15H,(H2,18,21)/b3-1-,4-2-,7-5-,8-6+,11-9-,12-10-,15-13-,16-14?,20-19?. The molecule has 22 heavy (non-hydrogen) atoms. The summed E-state index contributed by atoms with van der Waals surface area (Å²) >= 11 is 0. The van der Waals surface area contributed by atoms with E-state index >= 15 is 0 Å². The van der Waals surface area contributed by atoms with Gasteiger partial charge in [0.2, 0.25) is 0 Å². The third-order valence-electron chi connectivity index (χ3n) is 2.18. The Balaban J connectivity index is 2.86. The van der Waals surface area contributed by atoms with Crippen LogP contribution in [0.2, 0.25) is 0 Å². The number of nitrogens with two attached hydrogens (primary N) is 1. The molecule has 1 aliphatic heterocycles. The predicted molar refractivity (Wildman–Crippen MR) is 87.2 cm³/mol. The number of amides is 1. The molecule has 5 heteroatoms. The molecule has 1 aliphatic rings. The lowest BCUT2D eigenvalue weighted by molar-refractivity contribution is -0.114. The van der Waals surface area contributed by atoms with E-state index in [-0.39, 0.29) is 5.70 Å². The molecule has 0 aromatic carbocycles. The molecule has 0 radical (unpaired) electrons. The number of hydrogen-bond acceptors (Lipinski definition) is 4. The van der Waals surface area contributed by atoms with E-state index in [9.17, 15) is 4.79 Å². The first kappa shape index (κ1) is 16.8. The van der Waals surface area contributed by atoms with Gasteiger partial charge < -0.3 is 10.6 Å². The topological polar surface area (TPSA) is 77.0 Å². The zero-order valence-corrected chi connectivity index (χ0v) is 11.9. The number of carbonyl (C=O) groups excluding carboxylic acids is 1. The van der Waals surface area contributed by atoms with Crippen molar-refractivity contribution >= 4 is 5.91 Å². The maximum atomic E-state index is 11.2.